The number of amides is 1. The van der Waals surface area contributed by atoms with Crippen molar-refractivity contribution in [1.82, 2.24) is 5.32 Å². The van der Waals surface area contributed by atoms with Crippen molar-refractivity contribution in [3.63, 3.8) is 0 Å². The van der Waals surface area contributed by atoms with Crippen molar-refractivity contribution in [2.45, 2.75) is 12.7 Å². The van der Waals surface area contributed by atoms with E-state index in [1.807, 2.05) is 24.3 Å². The van der Waals surface area contributed by atoms with Crippen molar-refractivity contribution >= 4 is 27.5 Å². The van der Waals surface area contributed by atoms with Crippen molar-refractivity contribution in [3.05, 3.63) is 75.9 Å². The molecule has 0 heterocycles. The summed E-state index contributed by atoms with van der Waals surface area (Å²) in [6.07, 6.45) is -3.29. The lowest BCUT2D eigenvalue weighted by Crippen LogP contribution is -2.17. The molecule has 0 spiro atoms. The SMILES string of the molecule is N#C/C(=C/NCc1ccccc1Br)C(=O)Nc1cccc(C(F)(F)F)c1. The first-order valence-electron chi connectivity index (χ1n) is 7.37. The molecule has 0 saturated heterocycles. The number of alkyl halides is 3. The molecule has 26 heavy (non-hydrogen) atoms. The van der Waals surface area contributed by atoms with E-state index in [1.54, 1.807) is 6.07 Å². The maximum atomic E-state index is 12.7. The topological polar surface area (TPSA) is 64.9 Å². The molecular formula is C18H13BrF3N3O. The minimum absolute atomic E-state index is 0.0446. The predicted molar refractivity (Wildman–Crippen MR) is 94.8 cm³/mol. The first-order valence-corrected chi connectivity index (χ1v) is 8.16. The maximum Gasteiger partial charge on any atom is 0.416 e. The van der Waals surface area contributed by atoms with Gasteiger partial charge in [-0.1, -0.05) is 40.2 Å². The summed E-state index contributed by atoms with van der Waals surface area (Å²) in [5, 5.41) is 14.2. The van der Waals surface area contributed by atoms with Gasteiger partial charge in [-0.25, -0.2) is 0 Å². The molecule has 1 amide bonds. The lowest BCUT2D eigenvalue weighted by atomic mass is 10.2. The van der Waals surface area contributed by atoms with E-state index in [1.165, 1.54) is 18.3 Å². The molecule has 0 atom stereocenters. The Balaban J connectivity index is 2.05. The largest absolute Gasteiger partial charge is 0.416 e. The van der Waals surface area contributed by atoms with Crippen LogP contribution in [0.4, 0.5) is 18.9 Å². The fraction of sp³-hybridized carbons (Fsp3) is 0.111. The van der Waals surface area contributed by atoms with Gasteiger partial charge in [-0.05, 0) is 29.8 Å². The second-order valence-electron chi connectivity index (χ2n) is 5.17. The molecule has 0 aliphatic carbocycles. The van der Waals surface area contributed by atoms with E-state index in [9.17, 15) is 18.0 Å². The van der Waals surface area contributed by atoms with E-state index >= 15 is 0 Å². The summed E-state index contributed by atoms with van der Waals surface area (Å²) in [4.78, 5) is 12.1. The molecule has 2 aromatic carbocycles. The van der Waals surface area contributed by atoms with Gasteiger partial charge < -0.3 is 10.6 Å². The monoisotopic (exact) mass is 423 g/mol. The molecule has 134 valence electrons. The van der Waals surface area contributed by atoms with Gasteiger partial charge >= 0.3 is 6.18 Å². The zero-order valence-corrected chi connectivity index (χ0v) is 14.9. The minimum Gasteiger partial charge on any atom is -0.386 e. The number of rotatable bonds is 5. The fourth-order valence-electron chi connectivity index (χ4n) is 2.03. The molecule has 0 saturated carbocycles. The maximum absolute atomic E-state index is 12.7. The van der Waals surface area contributed by atoms with Crippen LogP contribution in [0.2, 0.25) is 0 Å². The highest BCUT2D eigenvalue weighted by Gasteiger charge is 2.30. The average Bonchev–Trinajstić information content (AvgIpc) is 2.59. The van der Waals surface area contributed by atoms with Crippen molar-refractivity contribution in [1.29, 1.82) is 5.26 Å². The summed E-state index contributed by atoms with van der Waals surface area (Å²) >= 11 is 3.38. The molecule has 0 unspecified atom stereocenters. The third-order valence-electron chi connectivity index (χ3n) is 3.31. The van der Waals surface area contributed by atoms with Gasteiger partial charge in [0.2, 0.25) is 0 Å². The van der Waals surface area contributed by atoms with Crippen LogP contribution in [0.25, 0.3) is 0 Å². The number of nitrogens with one attached hydrogen (secondary N) is 2. The first-order chi connectivity index (χ1) is 12.3. The Hall–Kier alpha value is -2.79. The number of hydrogen-bond donors (Lipinski definition) is 2. The van der Waals surface area contributed by atoms with Gasteiger partial charge in [0, 0.05) is 22.9 Å². The number of anilines is 1. The second kappa shape index (κ2) is 8.54. The van der Waals surface area contributed by atoms with E-state index in [2.05, 4.69) is 26.6 Å². The quantitative estimate of drug-likeness (QED) is 0.545. The van der Waals surface area contributed by atoms with E-state index in [4.69, 9.17) is 5.26 Å². The number of nitrogens with zero attached hydrogens (tertiary/aromatic N) is 1. The molecule has 0 aliphatic rings. The molecule has 2 N–H and O–H groups in total. The van der Waals surface area contributed by atoms with Crippen LogP contribution in [0.15, 0.2) is 64.8 Å². The summed E-state index contributed by atoms with van der Waals surface area (Å²) in [6, 6.07) is 13.3. The van der Waals surface area contributed by atoms with Crippen LogP contribution in [0.3, 0.4) is 0 Å². The van der Waals surface area contributed by atoms with Crippen molar-refractivity contribution in [2.24, 2.45) is 0 Å². The van der Waals surface area contributed by atoms with E-state index in [0.717, 1.165) is 22.2 Å². The van der Waals surface area contributed by atoms with Gasteiger partial charge in [0.1, 0.15) is 11.6 Å². The van der Waals surface area contributed by atoms with Crippen LogP contribution >= 0.6 is 15.9 Å². The average molecular weight is 424 g/mol. The zero-order valence-electron chi connectivity index (χ0n) is 13.3. The lowest BCUT2D eigenvalue weighted by Gasteiger charge is -2.10. The first kappa shape index (κ1) is 19.5. The Bertz CT molecular complexity index is 872. The van der Waals surface area contributed by atoms with Gasteiger partial charge in [0.15, 0.2) is 0 Å². The number of halogens is 4. The number of carbonyl (C=O) groups is 1. The van der Waals surface area contributed by atoms with Crippen LogP contribution in [0.5, 0.6) is 0 Å². The van der Waals surface area contributed by atoms with Crippen molar-refractivity contribution < 1.29 is 18.0 Å². The van der Waals surface area contributed by atoms with Crippen molar-refractivity contribution in [3.8, 4) is 6.07 Å². The summed E-state index contributed by atoms with van der Waals surface area (Å²) in [5.74, 6) is -0.800. The van der Waals surface area contributed by atoms with Gasteiger partial charge in [0.05, 0.1) is 5.56 Å². The van der Waals surface area contributed by atoms with Crippen molar-refractivity contribution in [2.75, 3.05) is 5.32 Å². The van der Waals surface area contributed by atoms with E-state index in [0.29, 0.717) is 6.54 Å². The minimum atomic E-state index is -4.51. The molecule has 0 aromatic heterocycles. The summed E-state index contributed by atoms with van der Waals surface area (Å²) in [7, 11) is 0. The van der Waals surface area contributed by atoms with Gasteiger partial charge in [-0.15, -0.1) is 0 Å². The van der Waals surface area contributed by atoms with Gasteiger partial charge in [0.25, 0.3) is 5.91 Å². The predicted octanol–water partition coefficient (Wildman–Crippen LogP) is 4.60. The second-order valence-corrected chi connectivity index (χ2v) is 6.03. The van der Waals surface area contributed by atoms with E-state index < -0.39 is 17.6 Å². The number of benzene rings is 2. The van der Waals surface area contributed by atoms with Crippen LogP contribution in [0, 0.1) is 11.3 Å². The molecule has 0 aliphatic heterocycles. The summed E-state index contributed by atoms with van der Waals surface area (Å²) < 4.78 is 39.0. The molecule has 2 aromatic rings. The Morgan fingerprint density at radius 1 is 1.19 bits per heavy atom. The molecule has 4 nitrogen and oxygen atoms in total. The molecule has 0 fully saturated rings. The molecule has 0 radical (unpaired) electrons. The van der Waals surface area contributed by atoms with Gasteiger partial charge in [-0.3, -0.25) is 4.79 Å². The summed E-state index contributed by atoms with van der Waals surface area (Å²) in [5.41, 5.74) is -0.268. The summed E-state index contributed by atoms with van der Waals surface area (Å²) in [6.45, 7) is 0.365. The van der Waals surface area contributed by atoms with Crippen LogP contribution in [0.1, 0.15) is 11.1 Å². The standard InChI is InChI=1S/C18H13BrF3N3O/c19-16-7-2-1-4-12(16)10-24-11-13(9-23)17(26)25-15-6-3-5-14(8-15)18(20,21)22/h1-8,11,24H,10H2,(H,25,26)/b13-11-. The van der Waals surface area contributed by atoms with E-state index in [-0.39, 0.29) is 11.3 Å². The van der Waals surface area contributed by atoms with Crippen LogP contribution in [-0.4, -0.2) is 5.91 Å². The number of nitriles is 1. The molecule has 0 bridgehead atoms. The molecular weight excluding hydrogens is 411 g/mol. The van der Waals surface area contributed by atoms with Gasteiger partial charge in [-0.2, -0.15) is 18.4 Å². The highest BCUT2D eigenvalue weighted by atomic mass is 79.9. The van der Waals surface area contributed by atoms with Crippen LogP contribution in [-0.2, 0) is 17.5 Å². The molecule has 8 heteroatoms. The highest BCUT2D eigenvalue weighted by Crippen LogP contribution is 2.30. The molecule has 2 rings (SSSR count). The lowest BCUT2D eigenvalue weighted by molar-refractivity contribution is -0.137. The Kier molecular flexibility index (Phi) is 6.41. The zero-order chi connectivity index (χ0) is 19.2. The third kappa shape index (κ3) is 5.36. The Morgan fingerprint density at radius 2 is 1.92 bits per heavy atom. The van der Waals surface area contributed by atoms with Crippen LogP contribution < -0.4 is 10.6 Å². The number of carbonyl (C=O) groups excluding carboxylic acids is 1. The third-order valence-corrected chi connectivity index (χ3v) is 4.08. The smallest absolute Gasteiger partial charge is 0.386 e. The Morgan fingerprint density at radius 3 is 2.58 bits per heavy atom. The number of hydrogen-bond acceptors (Lipinski definition) is 3. The normalized spacial score (nSPS) is 11.6. The Labute approximate surface area is 156 Å². The highest BCUT2D eigenvalue weighted by molar-refractivity contribution is 9.10. The fourth-order valence-corrected chi connectivity index (χ4v) is 2.45.